The molecule has 0 unspecified atom stereocenters. The van der Waals surface area contributed by atoms with Crippen molar-refractivity contribution in [3.05, 3.63) is 65.2 Å². The smallest absolute Gasteiger partial charge is 0.453 e. The van der Waals surface area contributed by atoms with E-state index in [1.807, 2.05) is 25.2 Å². The van der Waals surface area contributed by atoms with Crippen molar-refractivity contribution >= 4 is 21.0 Å². The molecule has 10 heteroatoms. The minimum absolute atomic E-state index is 0.212. The topological polar surface area (TPSA) is 57.6 Å². The van der Waals surface area contributed by atoms with Crippen LogP contribution in [-0.2, 0) is 16.3 Å². The summed E-state index contributed by atoms with van der Waals surface area (Å²) in [7, 11) is -1.70. The highest BCUT2D eigenvalue weighted by atomic mass is 32.2. The molecular weight excluding hydrogens is 573 g/mol. The number of aryl methyl sites for hydroxylation is 1. The van der Waals surface area contributed by atoms with Crippen LogP contribution in [0, 0.1) is 0 Å². The first-order valence-corrected chi connectivity index (χ1v) is 16.5. The van der Waals surface area contributed by atoms with Crippen LogP contribution in [0.15, 0.2) is 48.5 Å². The van der Waals surface area contributed by atoms with Gasteiger partial charge in [-0.15, -0.1) is 0 Å². The molecule has 42 heavy (non-hydrogen) atoms. The summed E-state index contributed by atoms with van der Waals surface area (Å²) in [6.07, 6.45) is -0.00956. The molecule has 2 aromatic rings. The van der Waals surface area contributed by atoms with E-state index in [9.17, 15) is 35.5 Å². The van der Waals surface area contributed by atoms with E-state index in [1.165, 1.54) is 27.8 Å². The molecule has 0 amide bonds. The fourth-order valence-electron chi connectivity index (χ4n) is 5.53. The molecule has 234 valence electrons. The zero-order valence-electron chi connectivity index (χ0n) is 24.2. The van der Waals surface area contributed by atoms with E-state index in [-0.39, 0.29) is 5.75 Å². The number of phenols is 1. The van der Waals surface area contributed by atoms with Crippen LogP contribution in [0.5, 0.6) is 5.75 Å². The molecule has 3 rings (SSSR count). The maximum atomic E-state index is 13.0. The van der Waals surface area contributed by atoms with E-state index in [4.69, 9.17) is 0 Å². The van der Waals surface area contributed by atoms with Crippen LogP contribution in [0.25, 0.3) is 11.1 Å². The van der Waals surface area contributed by atoms with Gasteiger partial charge >= 0.3 is 12.1 Å². The Bertz CT molecular complexity index is 1280. The molecule has 1 aliphatic rings. The van der Waals surface area contributed by atoms with Gasteiger partial charge in [-0.05, 0) is 118 Å². The third-order valence-electron chi connectivity index (χ3n) is 7.85. The minimum atomic E-state index is -5.66. The monoisotopic (exact) mass is 615 g/mol. The molecule has 0 aromatic heterocycles. The van der Waals surface area contributed by atoms with Gasteiger partial charge in [0.2, 0.25) is 0 Å². The first-order chi connectivity index (χ1) is 19.8. The molecule has 0 saturated carbocycles. The largest absolute Gasteiger partial charge is 0.508 e. The summed E-state index contributed by atoms with van der Waals surface area (Å²) in [6.45, 7) is 1.54. The number of rotatable bonds is 16. The van der Waals surface area contributed by atoms with Crippen molar-refractivity contribution in [2.45, 2.75) is 82.7 Å². The molecule has 2 aromatic carbocycles. The number of fused-ring (bicyclic) bond motifs is 1. The van der Waals surface area contributed by atoms with Gasteiger partial charge in [-0.3, -0.25) is 0 Å². The van der Waals surface area contributed by atoms with Gasteiger partial charge in [-0.25, -0.2) is 8.42 Å². The number of unbranched alkanes of at least 4 members (excludes halogenated alkanes) is 3. The van der Waals surface area contributed by atoms with Crippen molar-refractivity contribution in [3.8, 4) is 5.75 Å². The van der Waals surface area contributed by atoms with Gasteiger partial charge in [0.25, 0.3) is 0 Å². The van der Waals surface area contributed by atoms with Crippen LogP contribution in [-0.4, -0.2) is 62.2 Å². The summed E-state index contributed by atoms with van der Waals surface area (Å²) in [5.74, 6) is -5.45. The Hall–Kier alpha value is -2.46. The summed E-state index contributed by atoms with van der Waals surface area (Å²) in [5, 5.41) is 10.0. The van der Waals surface area contributed by atoms with Crippen LogP contribution < -0.4 is 0 Å². The van der Waals surface area contributed by atoms with Crippen molar-refractivity contribution in [1.29, 1.82) is 0 Å². The molecule has 1 aliphatic carbocycles. The fraction of sp³-hybridized carbons (Fsp3) is 0.562. The highest BCUT2D eigenvalue weighted by Gasteiger charge is 2.56. The fourth-order valence-corrected chi connectivity index (χ4v) is 6.96. The van der Waals surface area contributed by atoms with Crippen LogP contribution in [0.3, 0.4) is 0 Å². The number of phenolic OH excluding ortho intramolecular Hbond substituents is 1. The Morgan fingerprint density at radius 1 is 0.833 bits per heavy atom. The number of hydrogen-bond acceptors (Lipinski definition) is 4. The van der Waals surface area contributed by atoms with Crippen molar-refractivity contribution in [2.24, 2.45) is 0 Å². The predicted molar refractivity (Wildman–Crippen MR) is 158 cm³/mol. The normalized spacial score (nSPS) is 14.7. The highest BCUT2D eigenvalue weighted by molar-refractivity contribution is 7.91. The van der Waals surface area contributed by atoms with Crippen LogP contribution in [0.2, 0.25) is 0 Å². The second-order valence-electron chi connectivity index (χ2n) is 11.3. The lowest BCUT2D eigenvalue weighted by atomic mass is 9.89. The number of benzene rings is 2. The van der Waals surface area contributed by atoms with E-state index in [2.05, 4.69) is 29.2 Å². The lowest BCUT2D eigenvalue weighted by molar-refractivity contribution is -0.284. The zero-order chi connectivity index (χ0) is 30.8. The first-order valence-electron chi connectivity index (χ1n) is 14.7. The second-order valence-corrected chi connectivity index (χ2v) is 13.6. The molecule has 0 saturated heterocycles. The molecule has 0 heterocycles. The number of hydrogen-bond donors (Lipinski definition) is 1. The van der Waals surface area contributed by atoms with Crippen molar-refractivity contribution < 1.29 is 35.5 Å². The molecule has 0 aliphatic heterocycles. The number of alkyl halides is 5. The Labute approximate surface area is 246 Å². The zero-order valence-corrected chi connectivity index (χ0v) is 25.1. The van der Waals surface area contributed by atoms with Gasteiger partial charge in [0.05, 0.1) is 11.5 Å². The van der Waals surface area contributed by atoms with Gasteiger partial charge in [0, 0.05) is 6.42 Å². The maximum absolute atomic E-state index is 13.0. The lowest BCUT2D eigenvalue weighted by Crippen LogP contribution is -2.36. The number of nitrogens with zero attached hydrogens (tertiary/aromatic N) is 1. The molecule has 4 nitrogen and oxygen atoms in total. The molecular formula is C32H42F5NO3S. The van der Waals surface area contributed by atoms with Gasteiger partial charge in [-0.2, -0.15) is 22.0 Å². The van der Waals surface area contributed by atoms with Gasteiger partial charge in [0.15, 0.2) is 0 Å². The van der Waals surface area contributed by atoms with Gasteiger partial charge in [-0.1, -0.05) is 42.8 Å². The third-order valence-corrected chi connectivity index (χ3v) is 9.67. The van der Waals surface area contributed by atoms with Gasteiger partial charge < -0.3 is 10.0 Å². The van der Waals surface area contributed by atoms with Crippen LogP contribution in [0.4, 0.5) is 22.0 Å². The van der Waals surface area contributed by atoms with E-state index in [1.54, 1.807) is 6.07 Å². The standard InChI is InChI=1S/C32H42F5NO3S/c1-38(21-8-9-22-42(40,41)23-11-19-31(33,34)32(35,36)37)20-7-3-6-15-30-28(25-12-4-2-5-13-25)16-10-14-26-24-27(39)17-18-29(26)30/h2,4-5,12-13,17-18,24,39H,3,6-11,14-16,19-23H2,1H3. The number of halogens is 5. The molecule has 1 N–H and O–H groups in total. The number of allylic oxidation sites excluding steroid dienone is 2. The average Bonchev–Trinajstić information content (AvgIpc) is 3.09. The Balaban J connectivity index is 1.41. The van der Waals surface area contributed by atoms with Crippen LogP contribution in [0.1, 0.15) is 80.9 Å². The molecule has 0 atom stereocenters. The Kier molecular flexibility index (Phi) is 12.4. The second kappa shape index (κ2) is 15.3. The maximum Gasteiger partial charge on any atom is 0.453 e. The van der Waals surface area contributed by atoms with E-state index in [0.29, 0.717) is 25.1 Å². The highest BCUT2D eigenvalue weighted by Crippen LogP contribution is 2.40. The summed E-state index contributed by atoms with van der Waals surface area (Å²) in [4.78, 5) is 2.13. The first kappa shape index (κ1) is 34.0. The van der Waals surface area contributed by atoms with E-state index in [0.717, 1.165) is 51.5 Å². The van der Waals surface area contributed by atoms with Crippen molar-refractivity contribution in [3.63, 3.8) is 0 Å². The predicted octanol–water partition coefficient (Wildman–Crippen LogP) is 8.30. The lowest BCUT2D eigenvalue weighted by Gasteiger charge is -2.19. The minimum Gasteiger partial charge on any atom is -0.508 e. The Morgan fingerprint density at radius 2 is 1.50 bits per heavy atom. The third kappa shape index (κ3) is 10.4. The van der Waals surface area contributed by atoms with Crippen molar-refractivity contribution in [2.75, 3.05) is 31.6 Å². The SMILES string of the molecule is CN(CCCCCC1=C(c2ccccc2)CCCc2cc(O)ccc21)CCCCS(=O)(=O)CCCC(F)(F)C(F)(F)F. The average molecular weight is 616 g/mol. The van der Waals surface area contributed by atoms with Crippen LogP contribution >= 0.6 is 0 Å². The van der Waals surface area contributed by atoms with Crippen molar-refractivity contribution in [1.82, 2.24) is 4.90 Å². The summed E-state index contributed by atoms with van der Waals surface area (Å²) < 4.78 is 86.8. The molecule has 0 bridgehead atoms. The van der Waals surface area contributed by atoms with E-state index < -0.39 is 40.5 Å². The summed E-state index contributed by atoms with van der Waals surface area (Å²) in [5.41, 5.74) is 6.39. The molecule has 0 spiro atoms. The Morgan fingerprint density at radius 3 is 2.19 bits per heavy atom. The van der Waals surface area contributed by atoms with E-state index >= 15 is 0 Å². The van der Waals surface area contributed by atoms with Gasteiger partial charge in [0.1, 0.15) is 15.6 Å². The summed E-state index contributed by atoms with van der Waals surface area (Å²) >= 11 is 0. The summed E-state index contributed by atoms with van der Waals surface area (Å²) in [6, 6.07) is 16.2. The number of sulfone groups is 1. The molecule has 0 fully saturated rings. The quantitative estimate of drug-likeness (QED) is 0.152. The number of aromatic hydroxyl groups is 1. The molecule has 0 radical (unpaired) electrons.